The Morgan fingerprint density at radius 2 is 1.53 bits per heavy atom. The van der Waals surface area contributed by atoms with Crippen LogP contribution in [0.15, 0.2) is 36.4 Å². The van der Waals surface area contributed by atoms with E-state index in [1.165, 1.54) is 59.4 Å². The number of piperazine rings is 2. The van der Waals surface area contributed by atoms with Crippen molar-refractivity contribution in [2.75, 3.05) is 44.2 Å². The number of hydrogen-bond acceptors (Lipinski definition) is 5. The average molecular weight is 475 g/mol. The monoisotopic (exact) mass is 474 g/mol. The predicted molar refractivity (Wildman–Crippen MR) is 142 cm³/mol. The maximum Gasteiger partial charge on any atom is 0.201 e. The molecule has 5 aliphatic heterocycles. The highest BCUT2D eigenvalue weighted by atomic mass is 32.1. The normalized spacial score (nSPS) is 31.2. The zero-order chi connectivity index (χ0) is 22.8. The summed E-state index contributed by atoms with van der Waals surface area (Å²) in [5, 5.41) is 1.38. The van der Waals surface area contributed by atoms with Gasteiger partial charge in [-0.3, -0.25) is 9.80 Å². The first-order chi connectivity index (χ1) is 16.7. The second kappa shape index (κ2) is 8.28. The standard InChI is InChI=1S/C28H36N5S/c1-3-32-21-5-6-22(32)16-30(15-21)19-9-11-25-27(13-19)34-28-14-20(10-12-26(28)29-25)31-17-23-7-8-24(18-31)33(23)4-2/h9-14,21-24H,3-8,15-18H2,1-2H3/q+1/t21-,22+,23-,24+. The smallest absolute Gasteiger partial charge is 0.201 e. The molecule has 34 heavy (non-hydrogen) atoms. The minimum atomic E-state index is 0.726. The molecule has 178 valence electrons. The maximum absolute atomic E-state index is 5.04. The molecule has 0 radical (unpaired) electrons. The number of likely N-dealkylation sites (N-methyl/N-ethyl adjacent to an activating group) is 2. The summed E-state index contributed by atoms with van der Waals surface area (Å²) in [5.74, 6) is 0. The van der Waals surface area contributed by atoms with Gasteiger partial charge in [-0.2, -0.15) is 0 Å². The maximum atomic E-state index is 5.04. The minimum Gasteiger partial charge on any atom is -0.368 e. The Bertz CT molecular complexity index is 1240. The van der Waals surface area contributed by atoms with Crippen molar-refractivity contribution in [2.45, 2.75) is 63.7 Å². The molecule has 0 amide bonds. The highest BCUT2D eigenvalue weighted by Crippen LogP contribution is 2.36. The Labute approximate surface area is 206 Å². The van der Waals surface area contributed by atoms with Crippen LogP contribution in [0.4, 0.5) is 5.69 Å². The lowest BCUT2D eigenvalue weighted by Gasteiger charge is -2.41. The van der Waals surface area contributed by atoms with E-state index in [1.807, 2.05) is 11.3 Å². The Balaban J connectivity index is 1.23. The van der Waals surface area contributed by atoms with E-state index < -0.39 is 0 Å². The van der Waals surface area contributed by atoms with Gasteiger partial charge in [-0.25, -0.2) is 9.56 Å². The third-order valence-corrected chi connectivity index (χ3v) is 10.2. The van der Waals surface area contributed by atoms with E-state index in [0.29, 0.717) is 0 Å². The van der Waals surface area contributed by atoms with Crippen LogP contribution in [0.2, 0.25) is 0 Å². The lowest BCUT2D eigenvalue weighted by atomic mass is 10.1. The number of rotatable bonds is 3. The van der Waals surface area contributed by atoms with Crippen LogP contribution in [0.5, 0.6) is 0 Å². The molecule has 0 spiro atoms. The van der Waals surface area contributed by atoms with Crippen LogP contribution in [0.25, 0.3) is 20.8 Å². The van der Waals surface area contributed by atoms with Crippen LogP contribution >= 0.6 is 11.3 Å². The molecule has 0 saturated carbocycles. The van der Waals surface area contributed by atoms with E-state index in [1.54, 1.807) is 0 Å². The van der Waals surface area contributed by atoms with Gasteiger partial charge in [0.05, 0.1) is 32.9 Å². The third kappa shape index (κ3) is 3.41. The van der Waals surface area contributed by atoms with Gasteiger partial charge in [-0.1, -0.05) is 13.8 Å². The van der Waals surface area contributed by atoms with Gasteiger partial charge in [-0.05, 0) is 63.0 Å². The van der Waals surface area contributed by atoms with Crippen molar-refractivity contribution in [2.24, 2.45) is 0 Å². The van der Waals surface area contributed by atoms with Crippen molar-refractivity contribution in [3.05, 3.63) is 41.8 Å². The second-order valence-electron chi connectivity index (χ2n) is 10.8. The fraction of sp³-hybridized carbons (Fsp3) is 0.571. The molecule has 1 aliphatic carbocycles. The first kappa shape index (κ1) is 21.3. The van der Waals surface area contributed by atoms with Gasteiger partial charge in [0.1, 0.15) is 0 Å². The van der Waals surface area contributed by atoms with Crippen molar-refractivity contribution in [3.8, 4) is 10.6 Å². The van der Waals surface area contributed by atoms with E-state index in [9.17, 15) is 0 Å². The van der Waals surface area contributed by atoms with E-state index >= 15 is 0 Å². The first-order valence-corrected chi connectivity index (χ1v) is 14.2. The summed E-state index contributed by atoms with van der Waals surface area (Å²) < 4.78 is 3.94. The zero-order valence-electron chi connectivity index (χ0n) is 20.5. The molecule has 4 saturated heterocycles. The van der Waals surface area contributed by atoms with Crippen LogP contribution in [0, 0.1) is 0 Å². The molecule has 5 heterocycles. The molecular weight excluding hydrogens is 438 g/mol. The van der Waals surface area contributed by atoms with Crippen LogP contribution in [0.1, 0.15) is 39.5 Å². The SMILES string of the molecule is CCN1[C@@H]2CC[C@H]1CN(c1ccc3nc4ccc(=[N+]5C[C@H]6CC[C@@H](C5)N6CC)cc-4sc3c1)C2. The lowest BCUT2D eigenvalue weighted by molar-refractivity contribution is 0.146. The highest BCUT2D eigenvalue weighted by molar-refractivity contribution is 7.21. The van der Waals surface area contributed by atoms with Gasteiger partial charge in [0, 0.05) is 43.0 Å². The molecule has 4 bridgehead atoms. The number of hydrogen-bond donors (Lipinski definition) is 0. The van der Waals surface area contributed by atoms with Crippen molar-refractivity contribution in [1.29, 1.82) is 0 Å². The fourth-order valence-corrected chi connectivity index (χ4v) is 8.46. The quantitative estimate of drug-likeness (QED) is 0.427. The number of fused-ring (bicyclic) bond motifs is 6. The van der Waals surface area contributed by atoms with Crippen LogP contribution < -0.4 is 14.8 Å². The summed E-state index contributed by atoms with van der Waals surface area (Å²) in [7, 11) is 0. The van der Waals surface area contributed by atoms with Crippen molar-refractivity contribution in [1.82, 2.24) is 19.4 Å². The van der Waals surface area contributed by atoms with Gasteiger partial charge in [-0.15, -0.1) is 11.3 Å². The molecule has 4 fully saturated rings. The number of benzene rings is 2. The van der Waals surface area contributed by atoms with Crippen LogP contribution in [0.3, 0.4) is 0 Å². The zero-order valence-corrected chi connectivity index (χ0v) is 21.3. The molecule has 5 nitrogen and oxygen atoms in total. The molecule has 0 unspecified atom stereocenters. The average Bonchev–Trinajstić information content (AvgIpc) is 3.26. The van der Waals surface area contributed by atoms with E-state index in [2.05, 4.69) is 69.5 Å². The molecule has 1 aromatic carbocycles. The fourth-order valence-electron chi connectivity index (χ4n) is 7.43. The molecule has 0 N–H and O–H groups in total. The highest BCUT2D eigenvalue weighted by Gasteiger charge is 2.42. The minimum absolute atomic E-state index is 0.726. The first-order valence-electron chi connectivity index (χ1n) is 13.4. The molecule has 7 rings (SSSR count). The summed E-state index contributed by atoms with van der Waals surface area (Å²) in [6.07, 6.45) is 5.42. The molecule has 6 aliphatic rings. The van der Waals surface area contributed by atoms with Crippen LogP contribution in [-0.4, -0.2) is 78.2 Å². The topological polar surface area (TPSA) is 25.6 Å². The number of nitrogens with zero attached hydrogens (tertiary/aromatic N) is 5. The summed E-state index contributed by atoms with van der Waals surface area (Å²) in [6.45, 7) is 11.7. The molecule has 1 aromatic rings. The largest absolute Gasteiger partial charge is 0.368 e. The molecule has 4 atom stereocenters. The van der Waals surface area contributed by atoms with Gasteiger partial charge in [0.2, 0.25) is 5.36 Å². The van der Waals surface area contributed by atoms with E-state index in [-0.39, 0.29) is 0 Å². The summed E-state index contributed by atoms with van der Waals surface area (Å²) in [5.41, 5.74) is 3.62. The van der Waals surface area contributed by atoms with Gasteiger partial charge in [0.25, 0.3) is 0 Å². The summed E-state index contributed by atoms with van der Waals surface area (Å²) in [6, 6.07) is 16.8. The number of anilines is 1. The van der Waals surface area contributed by atoms with Crippen molar-refractivity contribution < 1.29 is 0 Å². The molecule has 6 heteroatoms. The van der Waals surface area contributed by atoms with Crippen molar-refractivity contribution >= 4 is 27.2 Å². The van der Waals surface area contributed by atoms with E-state index in [4.69, 9.17) is 4.98 Å². The van der Waals surface area contributed by atoms with Gasteiger partial charge >= 0.3 is 0 Å². The second-order valence-corrected chi connectivity index (χ2v) is 11.8. The molecule has 0 aromatic heterocycles. The Morgan fingerprint density at radius 1 is 0.853 bits per heavy atom. The Morgan fingerprint density at radius 3 is 2.24 bits per heavy atom. The van der Waals surface area contributed by atoms with Gasteiger partial charge < -0.3 is 4.90 Å². The Hall–Kier alpha value is -2.02. The third-order valence-electron chi connectivity index (χ3n) is 9.08. The lowest BCUT2D eigenvalue weighted by Crippen LogP contribution is -2.54. The van der Waals surface area contributed by atoms with Crippen LogP contribution in [-0.2, 0) is 0 Å². The predicted octanol–water partition coefficient (Wildman–Crippen LogP) is 3.71. The Kier molecular flexibility index (Phi) is 5.18. The summed E-state index contributed by atoms with van der Waals surface area (Å²) >= 11 is 1.92. The van der Waals surface area contributed by atoms with Crippen molar-refractivity contribution in [3.63, 3.8) is 0 Å². The van der Waals surface area contributed by atoms with E-state index in [0.717, 1.165) is 61.6 Å². The molecular formula is C28H36N5S+. The number of aromatic nitrogens is 1. The van der Waals surface area contributed by atoms with Gasteiger partial charge in [0.15, 0.2) is 13.1 Å². The summed E-state index contributed by atoms with van der Waals surface area (Å²) in [4.78, 5) is 14.4.